The minimum absolute atomic E-state index is 0.285. The van der Waals surface area contributed by atoms with Crippen LogP contribution < -0.4 is 0 Å². The molecule has 0 fully saturated rings. The van der Waals surface area contributed by atoms with Gasteiger partial charge in [0.15, 0.2) is 8.68 Å². The highest BCUT2D eigenvalue weighted by Crippen LogP contribution is 2.29. The van der Waals surface area contributed by atoms with E-state index < -0.39 is 10.0 Å². The Balaban J connectivity index is 2.90. The third-order valence-corrected chi connectivity index (χ3v) is 7.07. The average molecular weight is 353 g/mol. The Kier molecular flexibility index (Phi) is 8.16. The van der Waals surface area contributed by atoms with Crippen molar-refractivity contribution in [2.75, 3.05) is 13.1 Å². The lowest BCUT2D eigenvalue weighted by Crippen LogP contribution is -2.33. The zero-order valence-electron chi connectivity index (χ0n) is 13.1. The number of hydrogen-bond donors (Lipinski definition) is 0. The molecule has 21 heavy (non-hydrogen) atoms. The smallest absolute Gasteiger partial charge is 0.229 e. The van der Waals surface area contributed by atoms with E-state index in [4.69, 9.17) is 11.6 Å². The summed E-state index contributed by atoms with van der Waals surface area (Å²) in [4.78, 5) is 4.03. The summed E-state index contributed by atoms with van der Waals surface area (Å²) in [5, 5.41) is 0. The van der Waals surface area contributed by atoms with Crippen molar-refractivity contribution in [1.29, 1.82) is 0 Å². The molecule has 0 spiro atoms. The first-order chi connectivity index (χ1) is 9.93. The summed E-state index contributed by atoms with van der Waals surface area (Å²) >= 11 is 6.91. The van der Waals surface area contributed by atoms with Crippen LogP contribution in [-0.2, 0) is 10.0 Å². The normalized spacial score (nSPS) is 12.2. The maximum atomic E-state index is 12.8. The number of aryl methyl sites for hydroxylation is 1. The molecule has 0 saturated heterocycles. The molecule has 0 aliphatic carbocycles. The van der Waals surface area contributed by atoms with Gasteiger partial charge in [-0.15, -0.1) is 0 Å². The highest BCUT2D eigenvalue weighted by atomic mass is 35.5. The van der Waals surface area contributed by atoms with E-state index in [1.165, 1.54) is 0 Å². The minimum atomic E-state index is -3.47. The second-order valence-corrected chi connectivity index (χ2v) is 8.87. The second kappa shape index (κ2) is 9.08. The fourth-order valence-electron chi connectivity index (χ4n) is 2.14. The minimum Gasteiger partial charge on any atom is -0.229 e. The first-order valence-corrected chi connectivity index (χ1v) is 10.2. The Morgan fingerprint density at radius 1 is 1.10 bits per heavy atom. The lowest BCUT2D eigenvalue weighted by Gasteiger charge is -2.21. The van der Waals surface area contributed by atoms with Crippen molar-refractivity contribution in [1.82, 2.24) is 9.29 Å². The highest BCUT2D eigenvalue weighted by molar-refractivity contribution is 7.91. The van der Waals surface area contributed by atoms with Crippen LogP contribution in [0.5, 0.6) is 0 Å². The molecule has 1 aromatic rings. The first kappa shape index (κ1) is 18.9. The lowest BCUT2D eigenvalue weighted by atomic mass is 10.2. The van der Waals surface area contributed by atoms with Crippen molar-refractivity contribution in [2.45, 2.75) is 63.5 Å². The van der Waals surface area contributed by atoms with Gasteiger partial charge in [-0.25, -0.2) is 13.4 Å². The van der Waals surface area contributed by atoms with Crippen LogP contribution in [0, 0.1) is 6.92 Å². The van der Waals surface area contributed by atoms with Crippen molar-refractivity contribution in [3.05, 3.63) is 10.2 Å². The largest absolute Gasteiger partial charge is 0.254 e. The van der Waals surface area contributed by atoms with Gasteiger partial charge in [0, 0.05) is 13.1 Å². The zero-order chi connectivity index (χ0) is 15.9. The summed E-state index contributed by atoms with van der Waals surface area (Å²) < 4.78 is 27.8. The van der Waals surface area contributed by atoms with E-state index in [-0.39, 0.29) is 4.47 Å². The number of aromatic nitrogens is 1. The maximum absolute atomic E-state index is 12.8. The molecular formula is C14H25ClN2O2S2. The monoisotopic (exact) mass is 352 g/mol. The molecule has 0 saturated carbocycles. The fourth-order valence-corrected chi connectivity index (χ4v) is 5.53. The highest BCUT2D eigenvalue weighted by Gasteiger charge is 2.28. The van der Waals surface area contributed by atoms with Crippen LogP contribution >= 0.6 is 22.9 Å². The predicted molar refractivity (Wildman–Crippen MR) is 89.7 cm³/mol. The topological polar surface area (TPSA) is 50.3 Å². The Labute approximate surface area is 137 Å². The summed E-state index contributed by atoms with van der Waals surface area (Å²) in [6, 6.07) is 0. The molecule has 1 rings (SSSR count). The van der Waals surface area contributed by atoms with Gasteiger partial charge in [-0.3, -0.25) is 0 Å². The molecular weight excluding hydrogens is 328 g/mol. The van der Waals surface area contributed by atoms with Gasteiger partial charge in [0.05, 0.1) is 5.69 Å². The molecule has 0 bridgehead atoms. The van der Waals surface area contributed by atoms with Crippen LogP contribution in [0.1, 0.15) is 58.1 Å². The molecule has 0 atom stereocenters. The zero-order valence-corrected chi connectivity index (χ0v) is 15.5. The van der Waals surface area contributed by atoms with Crippen LogP contribution in [0.15, 0.2) is 4.21 Å². The van der Waals surface area contributed by atoms with Crippen molar-refractivity contribution >= 4 is 33.0 Å². The van der Waals surface area contributed by atoms with Crippen molar-refractivity contribution in [3.63, 3.8) is 0 Å². The van der Waals surface area contributed by atoms with Crippen molar-refractivity contribution < 1.29 is 8.42 Å². The van der Waals surface area contributed by atoms with Crippen molar-refractivity contribution in [3.8, 4) is 0 Å². The summed E-state index contributed by atoms with van der Waals surface area (Å²) in [7, 11) is -3.47. The van der Waals surface area contributed by atoms with E-state index >= 15 is 0 Å². The van der Waals surface area contributed by atoms with Crippen LogP contribution in [0.25, 0.3) is 0 Å². The van der Waals surface area contributed by atoms with Crippen LogP contribution in [-0.4, -0.2) is 30.8 Å². The number of hydrogen-bond acceptors (Lipinski definition) is 4. The van der Waals surface area contributed by atoms with Crippen LogP contribution in [0.2, 0.25) is 4.47 Å². The summed E-state index contributed by atoms with van der Waals surface area (Å²) in [5.74, 6) is 0. The number of rotatable bonds is 10. The molecule has 0 aromatic carbocycles. The SMILES string of the molecule is CCCCCN(CCCCC)S(=O)(=O)c1sc(Cl)nc1C. The molecule has 122 valence electrons. The van der Waals surface area contributed by atoms with Gasteiger partial charge in [-0.1, -0.05) is 62.5 Å². The molecule has 0 aliphatic heterocycles. The summed E-state index contributed by atoms with van der Waals surface area (Å²) in [6.45, 7) is 7.08. The van der Waals surface area contributed by atoms with E-state index in [0.29, 0.717) is 23.0 Å². The first-order valence-electron chi connectivity index (χ1n) is 7.56. The number of nitrogens with zero attached hydrogens (tertiary/aromatic N) is 2. The quantitative estimate of drug-likeness (QED) is 0.583. The summed E-state index contributed by atoms with van der Waals surface area (Å²) in [5.41, 5.74) is 0.501. The van der Waals surface area contributed by atoms with E-state index in [9.17, 15) is 8.42 Å². The molecule has 1 heterocycles. The number of thiazole rings is 1. The Morgan fingerprint density at radius 3 is 2.00 bits per heavy atom. The number of sulfonamides is 1. The Morgan fingerprint density at radius 2 is 1.62 bits per heavy atom. The predicted octanol–water partition coefficient (Wildman–Crippen LogP) is 4.48. The lowest BCUT2D eigenvalue weighted by molar-refractivity contribution is 0.389. The summed E-state index contributed by atoms with van der Waals surface area (Å²) in [6.07, 6.45) is 6.04. The van der Waals surface area contributed by atoms with E-state index in [1.54, 1.807) is 11.2 Å². The molecule has 0 radical (unpaired) electrons. The Hall–Kier alpha value is -0.170. The van der Waals surface area contributed by atoms with Crippen LogP contribution in [0.4, 0.5) is 0 Å². The van der Waals surface area contributed by atoms with E-state index in [2.05, 4.69) is 18.8 Å². The third-order valence-electron chi connectivity index (χ3n) is 3.32. The van der Waals surface area contributed by atoms with Gasteiger partial charge in [0.1, 0.15) is 0 Å². The second-order valence-electron chi connectivity index (χ2n) is 5.16. The molecule has 0 N–H and O–H groups in total. The van der Waals surface area contributed by atoms with Gasteiger partial charge >= 0.3 is 0 Å². The van der Waals surface area contributed by atoms with Gasteiger partial charge in [0.25, 0.3) is 10.0 Å². The molecule has 1 aromatic heterocycles. The Bertz CT molecular complexity index is 519. The average Bonchev–Trinajstić information content (AvgIpc) is 2.77. The molecule has 0 unspecified atom stereocenters. The number of unbranched alkanes of at least 4 members (excludes halogenated alkanes) is 4. The van der Waals surface area contributed by atoms with Gasteiger partial charge in [0.2, 0.25) is 0 Å². The van der Waals surface area contributed by atoms with Gasteiger partial charge in [-0.05, 0) is 19.8 Å². The molecule has 0 aliphatic rings. The van der Waals surface area contributed by atoms with E-state index in [1.807, 2.05) is 0 Å². The molecule has 0 amide bonds. The third kappa shape index (κ3) is 5.51. The van der Waals surface area contributed by atoms with Crippen molar-refractivity contribution in [2.24, 2.45) is 0 Å². The fraction of sp³-hybridized carbons (Fsp3) is 0.786. The van der Waals surface area contributed by atoms with E-state index in [0.717, 1.165) is 49.9 Å². The molecule has 4 nitrogen and oxygen atoms in total. The van der Waals surface area contributed by atoms with Crippen LogP contribution in [0.3, 0.4) is 0 Å². The van der Waals surface area contributed by atoms with Gasteiger partial charge in [-0.2, -0.15) is 4.31 Å². The molecule has 7 heteroatoms. The maximum Gasteiger partial charge on any atom is 0.254 e. The standard InChI is InChI=1S/C14H25ClN2O2S2/c1-4-6-8-10-17(11-9-7-5-2)21(18,19)13-12(3)16-14(15)20-13/h4-11H2,1-3H3. The van der Waals surface area contributed by atoms with Gasteiger partial charge < -0.3 is 0 Å². The number of halogens is 1.